The normalized spacial score (nSPS) is 19.3. The van der Waals surface area contributed by atoms with Gasteiger partial charge in [-0.15, -0.1) is 0 Å². The van der Waals surface area contributed by atoms with Gasteiger partial charge in [0.2, 0.25) is 11.8 Å². The molecular formula is C24H35N3O5. The van der Waals surface area contributed by atoms with Crippen molar-refractivity contribution in [2.24, 2.45) is 5.92 Å². The maximum absolute atomic E-state index is 12.5. The number of hydrogen-bond acceptors (Lipinski definition) is 6. The van der Waals surface area contributed by atoms with Crippen LogP contribution in [0.15, 0.2) is 30.3 Å². The van der Waals surface area contributed by atoms with Crippen molar-refractivity contribution in [3.8, 4) is 0 Å². The van der Waals surface area contributed by atoms with E-state index in [1.807, 2.05) is 35.2 Å². The van der Waals surface area contributed by atoms with Gasteiger partial charge in [0, 0.05) is 25.9 Å². The summed E-state index contributed by atoms with van der Waals surface area (Å²) in [7, 11) is 1.33. The molecule has 2 N–H and O–H groups in total. The van der Waals surface area contributed by atoms with E-state index >= 15 is 0 Å². The van der Waals surface area contributed by atoms with Crippen LogP contribution in [-0.4, -0.2) is 67.8 Å². The number of likely N-dealkylation sites (tertiary alicyclic amines) is 1. The van der Waals surface area contributed by atoms with E-state index in [0.29, 0.717) is 25.9 Å². The average molecular weight is 446 g/mol. The minimum absolute atomic E-state index is 0.0337. The second-order valence-corrected chi connectivity index (χ2v) is 8.19. The lowest BCUT2D eigenvalue weighted by atomic mass is 9.92. The summed E-state index contributed by atoms with van der Waals surface area (Å²) in [6.07, 6.45) is 5.11. The first-order valence-corrected chi connectivity index (χ1v) is 11.3. The monoisotopic (exact) mass is 445 g/mol. The quantitative estimate of drug-likeness (QED) is 0.487. The lowest BCUT2D eigenvalue weighted by molar-refractivity contribution is -0.145. The van der Waals surface area contributed by atoms with Crippen LogP contribution in [0.1, 0.15) is 44.6 Å². The molecule has 32 heavy (non-hydrogen) atoms. The van der Waals surface area contributed by atoms with E-state index in [4.69, 9.17) is 9.53 Å². The number of hydrogen-bond donors (Lipinski definition) is 2. The summed E-state index contributed by atoms with van der Waals surface area (Å²) in [5, 5.41) is 6.09. The smallest absolute Gasteiger partial charge is 0.328 e. The minimum atomic E-state index is -0.690. The molecule has 3 rings (SSSR count). The molecule has 2 aliphatic heterocycles. The van der Waals surface area contributed by atoms with Crippen LogP contribution in [0.4, 0.5) is 0 Å². The van der Waals surface area contributed by atoms with Crippen molar-refractivity contribution < 1.29 is 23.9 Å². The van der Waals surface area contributed by atoms with Crippen LogP contribution in [0.5, 0.6) is 0 Å². The van der Waals surface area contributed by atoms with E-state index in [-0.39, 0.29) is 23.8 Å². The molecule has 1 aromatic carbocycles. The Balaban J connectivity index is 0.00000114. The van der Waals surface area contributed by atoms with Gasteiger partial charge in [0.15, 0.2) is 0 Å². The predicted molar refractivity (Wildman–Crippen MR) is 121 cm³/mol. The third-order valence-electron chi connectivity index (χ3n) is 5.86. The molecule has 2 atom stereocenters. The summed E-state index contributed by atoms with van der Waals surface area (Å²) in [4.78, 5) is 47.9. The average Bonchev–Trinajstić information content (AvgIpc) is 3.34. The number of amides is 2. The van der Waals surface area contributed by atoms with Crippen molar-refractivity contribution in [2.75, 3.05) is 26.7 Å². The summed E-state index contributed by atoms with van der Waals surface area (Å²) in [6, 6.07) is 8.85. The Morgan fingerprint density at radius 1 is 1.19 bits per heavy atom. The number of methoxy groups -OCH3 is 1. The van der Waals surface area contributed by atoms with Crippen LogP contribution in [0.3, 0.4) is 0 Å². The maximum Gasteiger partial charge on any atom is 0.328 e. The Labute approximate surface area is 190 Å². The summed E-state index contributed by atoms with van der Waals surface area (Å²) >= 11 is 0. The lowest BCUT2D eigenvalue weighted by Crippen LogP contribution is -2.48. The zero-order valence-corrected chi connectivity index (χ0v) is 19.0. The molecule has 0 aromatic heterocycles. The summed E-state index contributed by atoms with van der Waals surface area (Å²) in [6.45, 7) is 3.75. The summed E-state index contributed by atoms with van der Waals surface area (Å²) in [5.41, 5.74) is 0.968. The first kappa shape index (κ1) is 25.5. The van der Waals surface area contributed by atoms with Crippen molar-refractivity contribution >= 4 is 24.1 Å². The fourth-order valence-corrected chi connectivity index (χ4v) is 4.17. The standard InChI is InChI=1S/C22H31N3O4.C2H4O/c1-29-22(28)19(14-16-6-3-2-4-7-16)24-20(26)15-17-9-12-25(13-10-17)21(27)18-8-5-11-23-18;1-2-3/h2-4,6-7,17-19,23H,5,8-15H2,1H3,(H,24,26);2H,1H3/t18-,19-;/m0./s1. The number of aldehydes is 1. The van der Waals surface area contributed by atoms with E-state index in [9.17, 15) is 14.4 Å². The van der Waals surface area contributed by atoms with Crippen LogP contribution >= 0.6 is 0 Å². The second-order valence-electron chi connectivity index (χ2n) is 8.19. The highest BCUT2D eigenvalue weighted by Gasteiger charge is 2.31. The molecule has 0 aliphatic carbocycles. The van der Waals surface area contributed by atoms with E-state index in [1.165, 1.54) is 14.0 Å². The minimum Gasteiger partial charge on any atom is -0.467 e. The molecule has 2 saturated heterocycles. The molecule has 0 unspecified atom stereocenters. The Hall–Kier alpha value is -2.74. The second kappa shape index (κ2) is 13.6. The molecular weight excluding hydrogens is 410 g/mol. The van der Waals surface area contributed by atoms with Gasteiger partial charge >= 0.3 is 5.97 Å². The van der Waals surface area contributed by atoms with Crippen LogP contribution in [0.25, 0.3) is 0 Å². The number of nitrogens with one attached hydrogen (secondary N) is 2. The van der Waals surface area contributed by atoms with Gasteiger partial charge in [-0.25, -0.2) is 4.79 Å². The van der Waals surface area contributed by atoms with Crippen LogP contribution in [0.2, 0.25) is 0 Å². The third-order valence-corrected chi connectivity index (χ3v) is 5.86. The Kier molecular flexibility index (Phi) is 10.9. The largest absolute Gasteiger partial charge is 0.467 e. The molecule has 2 heterocycles. The molecule has 2 aliphatic rings. The highest BCUT2D eigenvalue weighted by atomic mass is 16.5. The molecule has 2 fully saturated rings. The van der Waals surface area contributed by atoms with Gasteiger partial charge in [0.1, 0.15) is 12.3 Å². The van der Waals surface area contributed by atoms with Crippen LogP contribution in [-0.2, 0) is 30.3 Å². The number of carbonyl (C=O) groups is 4. The maximum atomic E-state index is 12.5. The molecule has 2 amide bonds. The third kappa shape index (κ3) is 8.07. The van der Waals surface area contributed by atoms with Crippen molar-refractivity contribution in [2.45, 2.75) is 57.5 Å². The van der Waals surface area contributed by atoms with Crippen molar-refractivity contribution in [1.29, 1.82) is 0 Å². The van der Waals surface area contributed by atoms with Gasteiger partial charge in [-0.1, -0.05) is 30.3 Å². The zero-order chi connectivity index (χ0) is 23.3. The molecule has 1 aromatic rings. The van der Waals surface area contributed by atoms with Gasteiger partial charge in [-0.3, -0.25) is 9.59 Å². The number of nitrogens with zero attached hydrogens (tertiary/aromatic N) is 1. The molecule has 0 spiro atoms. The van der Waals surface area contributed by atoms with Crippen molar-refractivity contribution in [1.82, 2.24) is 15.5 Å². The number of carbonyl (C=O) groups excluding carboxylic acids is 4. The van der Waals surface area contributed by atoms with Crippen molar-refractivity contribution in [3.63, 3.8) is 0 Å². The summed E-state index contributed by atoms with van der Waals surface area (Å²) < 4.78 is 4.86. The molecule has 0 saturated carbocycles. The van der Waals surface area contributed by atoms with E-state index < -0.39 is 12.0 Å². The number of rotatable bonds is 7. The zero-order valence-electron chi connectivity index (χ0n) is 19.0. The number of benzene rings is 1. The van der Waals surface area contributed by atoms with Gasteiger partial charge in [-0.2, -0.15) is 0 Å². The highest BCUT2D eigenvalue weighted by Crippen LogP contribution is 2.22. The SMILES string of the molecule is CC=O.COC(=O)[C@H](Cc1ccccc1)NC(=O)CC1CCN(C(=O)[C@@H]2CCCN2)CC1. The molecule has 0 bridgehead atoms. The number of piperidine rings is 1. The van der Waals surface area contributed by atoms with Gasteiger partial charge < -0.3 is 25.1 Å². The molecule has 8 nitrogen and oxygen atoms in total. The molecule has 8 heteroatoms. The molecule has 176 valence electrons. The fourth-order valence-electron chi connectivity index (χ4n) is 4.17. The predicted octanol–water partition coefficient (Wildman–Crippen LogP) is 1.47. The van der Waals surface area contributed by atoms with Crippen molar-refractivity contribution in [3.05, 3.63) is 35.9 Å². The topological polar surface area (TPSA) is 105 Å². The van der Waals surface area contributed by atoms with E-state index in [1.54, 1.807) is 0 Å². The lowest BCUT2D eigenvalue weighted by Gasteiger charge is -2.33. The van der Waals surface area contributed by atoms with Gasteiger partial charge in [0.05, 0.1) is 13.2 Å². The first-order chi connectivity index (χ1) is 15.5. The molecule has 0 radical (unpaired) electrons. The number of ether oxygens (including phenoxy) is 1. The first-order valence-electron chi connectivity index (χ1n) is 11.3. The Bertz CT molecular complexity index is 741. The van der Waals surface area contributed by atoms with Crippen LogP contribution in [0, 0.1) is 5.92 Å². The van der Waals surface area contributed by atoms with Gasteiger partial charge in [0.25, 0.3) is 0 Å². The van der Waals surface area contributed by atoms with E-state index in [0.717, 1.165) is 44.1 Å². The van der Waals surface area contributed by atoms with E-state index in [2.05, 4.69) is 10.6 Å². The van der Waals surface area contributed by atoms with Crippen LogP contribution < -0.4 is 10.6 Å². The summed E-state index contributed by atoms with van der Waals surface area (Å²) in [5.74, 6) is -0.158. The number of esters is 1. The fraction of sp³-hybridized carbons (Fsp3) is 0.583. The Morgan fingerprint density at radius 3 is 2.41 bits per heavy atom. The van der Waals surface area contributed by atoms with Gasteiger partial charge in [-0.05, 0) is 50.6 Å². The highest BCUT2D eigenvalue weighted by molar-refractivity contribution is 5.85. The Morgan fingerprint density at radius 2 is 1.84 bits per heavy atom.